The van der Waals surface area contributed by atoms with Gasteiger partial charge in [-0.2, -0.15) is 0 Å². The lowest BCUT2D eigenvalue weighted by Crippen LogP contribution is -3.00. The standard InChI is InChI=1S/C34H42NO6S.BrH/c1-3-39-32(36)22-40-29-15-12-24-17-23(10-11-25(24)18-29)21-35(2)27-13-14-28(35)20-30(19-27)41-33(37)34(38,26-7-4-5-8-26)31-9-6-16-42-31;/h6,9-12,15-18,26-28,30,38H,3-5,7-8,13-14,19-22H2,1-2H3;1H/q+1;/p-1/t27-,28+,30?,34?,35?;. The van der Waals surface area contributed by atoms with Crippen molar-refractivity contribution < 1.29 is 50.4 Å². The topological polar surface area (TPSA) is 82.1 Å². The second-order valence-electron chi connectivity index (χ2n) is 12.6. The van der Waals surface area contributed by atoms with E-state index < -0.39 is 11.6 Å². The molecule has 3 unspecified atom stereocenters. The minimum Gasteiger partial charge on any atom is -1.00 e. The number of carbonyl (C=O) groups excluding carboxylic acids is 2. The number of aliphatic hydroxyl groups is 1. The minimum absolute atomic E-state index is 0. The average Bonchev–Trinajstić information content (AvgIpc) is 3.74. The summed E-state index contributed by atoms with van der Waals surface area (Å²) in [6.07, 6.45) is 7.59. The molecular formula is C34H42BrNO6S. The second kappa shape index (κ2) is 13.3. The van der Waals surface area contributed by atoms with Crippen molar-refractivity contribution in [2.24, 2.45) is 5.92 Å². The molecule has 3 aliphatic rings. The molecule has 1 aliphatic carbocycles. The lowest BCUT2D eigenvalue weighted by molar-refractivity contribution is -0.961. The van der Waals surface area contributed by atoms with Gasteiger partial charge in [0, 0.05) is 42.0 Å². The van der Waals surface area contributed by atoms with Crippen molar-refractivity contribution in [1.82, 2.24) is 0 Å². The minimum atomic E-state index is -1.53. The van der Waals surface area contributed by atoms with Crippen LogP contribution in [0.3, 0.4) is 0 Å². The van der Waals surface area contributed by atoms with Gasteiger partial charge >= 0.3 is 11.9 Å². The van der Waals surface area contributed by atoms with Gasteiger partial charge in [-0.1, -0.05) is 37.1 Å². The van der Waals surface area contributed by atoms with Gasteiger partial charge < -0.3 is 40.8 Å². The SMILES string of the molecule is CCOC(=O)COc1ccc2cc(C[N+]3(C)[C@@H]4CC[C@H]3CC(OC(=O)C(O)(c3cccs3)C3CCCC3)C4)ccc2c1.[Br-]. The molecule has 1 aromatic heterocycles. The molecule has 2 aromatic carbocycles. The Balaban J connectivity index is 0.00000368. The molecule has 5 atom stereocenters. The number of quaternary nitrogens is 1. The maximum Gasteiger partial charge on any atom is 0.344 e. The molecule has 6 rings (SSSR count). The first-order chi connectivity index (χ1) is 20.3. The summed E-state index contributed by atoms with van der Waals surface area (Å²) in [4.78, 5) is 26.0. The van der Waals surface area contributed by atoms with Crippen molar-refractivity contribution >= 4 is 34.0 Å². The number of fused-ring (bicyclic) bond motifs is 3. The predicted molar refractivity (Wildman–Crippen MR) is 162 cm³/mol. The monoisotopic (exact) mass is 671 g/mol. The fourth-order valence-electron chi connectivity index (χ4n) is 7.80. The van der Waals surface area contributed by atoms with Crippen LogP contribution in [0.2, 0.25) is 0 Å². The van der Waals surface area contributed by atoms with Crippen molar-refractivity contribution in [2.75, 3.05) is 20.3 Å². The van der Waals surface area contributed by atoms with Crippen LogP contribution in [0.15, 0.2) is 53.9 Å². The molecule has 2 bridgehead atoms. The highest BCUT2D eigenvalue weighted by Gasteiger charge is 2.54. The van der Waals surface area contributed by atoms with Crippen LogP contribution in [0.1, 0.15) is 68.7 Å². The van der Waals surface area contributed by atoms with Gasteiger partial charge in [0.2, 0.25) is 0 Å². The first kappa shape index (κ1) is 31.9. The molecule has 0 radical (unpaired) electrons. The van der Waals surface area contributed by atoms with Crippen molar-refractivity contribution in [1.29, 1.82) is 0 Å². The Morgan fingerprint density at radius 3 is 2.37 bits per heavy atom. The molecule has 3 heterocycles. The van der Waals surface area contributed by atoms with Crippen LogP contribution in [0.25, 0.3) is 10.8 Å². The Morgan fingerprint density at radius 1 is 1.00 bits per heavy atom. The number of ether oxygens (including phenoxy) is 3. The number of nitrogens with zero attached hydrogens (tertiary/aromatic N) is 1. The first-order valence-electron chi connectivity index (χ1n) is 15.4. The molecule has 3 aromatic rings. The van der Waals surface area contributed by atoms with E-state index in [0.717, 1.165) is 73.2 Å². The van der Waals surface area contributed by atoms with Crippen LogP contribution >= 0.6 is 11.3 Å². The molecule has 0 amide bonds. The number of thiophene rings is 1. The van der Waals surface area contributed by atoms with Crippen LogP contribution in [-0.4, -0.2) is 60.0 Å². The van der Waals surface area contributed by atoms with E-state index in [0.29, 0.717) is 29.3 Å². The summed E-state index contributed by atoms with van der Waals surface area (Å²) in [7, 11) is 2.36. The van der Waals surface area contributed by atoms with Crippen molar-refractivity contribution in [3.63, 3.8) is 0 Å². The first-order valence-corrected chi connectivity index (χ1v) is 16.3. The van der Waals surface area contributed by atoms with Crippen molar-refractivity contribution in [3.05, 3.63) is 64.4 Å². The molecule has 0 spiro atoms. The third-order valence-corrected chi connectivity index (χ3v) is 11.1. The molecule has 2 saturated heterocycles. The number of piperidine rings is 1. The number of benzene rings is 2. The average molecular weight is 673 g/mol. The third-order valence-electron chi connectivity index (χ3n) is 10.1. The van der Waals surface area contributed by atoms with Gasteiger partial charge in [-0.3, -0.25) is 0 Å². The Bertz CT molecular complexity index is 1410. The van der Waals surface area contributed by atoms with E-state index >= 15 is 0 Å². The number of hydrogen-bond acceptors (Lipinski definition) is 7. The normalized spacial score (nSPS) is 26.4. The highest BCUT2D eigenvalue weighted by molar-refractivity contribution is 7.10. The zero-order chi connectivity index (χ0) is 29.3. The van der Waals surface area contributed by atoms with E-state index in [9.17, 15) is 14.7 Å². The molecular weight excluding hydrogens is 630 g/mol. The Kier molecular flexibility index (Phi) is 9.86. The van der Waals surface area contributed by atoms with E-state index in [2.05, 4.69) is 25.2 Å². The number of rotatable bonds is 10. The molecule has 1 N–H and O–H groups in total. The molecule has 43 heavy (non-hydrogen) atoms. The summed E-state index contributed by atoms with van der Waals surface area (Å²) >= 11 is 1.45. The van der Waals surface area contributed by atoms with Crippen LogP contribution in [0, 0.1) is 5.92 Å². The van der Waals surface area contributed by atoms with Crippen molar-refractivity contribution in [3.8, 4) is 5.75 Å². The van der Waals surface area contributed by atoms with Gasteiger partial charge in [0.05, 0.1) is 25.7 Å². The fourth-order valence-corrected chi connectivity index (χ4v) is 8.69. The van der Waals surface area contributed by atoms with Gasteiger partial charge in [-0.25, -0.2) is 9.59 Å². The fraction of sp³-hybridized carbons (Fsp3) is 0.529. The summed E-state index contributed by atoms with van der Waals surface area (Å²) in [6, 6.07) is 17.1. The van der Waals surface area contributed by atoms with E-state index in [1.54, 1.807) is 6.92 Å². The maximum absolute atomic E-state index is 13.7. The van der Waals surface area contributed by atoms with Crippen LogP contribution in [0.5, 0.6) is 5.75 Å². The summed E-state index contributed by atoms with van der Waals surface area (Å²) < 4.78 is 17.7. The molecule has 1 saturated carbocycles. The van der Waals surface area contributed by atoms with Gasteiger partial charge in [-0.05, 0) is 60.2 Å². The predicted octanol–water partition coefficient (Wildman–Crippen LogP) is 3.11. The second-order valence-corrected chi connectivity index (χ2v) is 13.5. The summed E-state index contributed by atoms with van der Waals surface area (Å²) in [5.74, 6) is -0.239. The van der Waals surface area contributed by atoms with E-state index in [1.165, 1.54) is 16.9 Å². The summed E-state index contributed by atoms with van der Waals surface area (Å²) in [6.45, 7) is 2.95. The lowest BCUT2D eigenvalue weighted by Gasteiger charge is -2.47. The Labute approximate surface area is 268 Å². The number of halogens is 1. The van der Waals surface area contributed by atoms with E-state index in [-0.39, 0.29) is 41.6 Å². The van der Waals surface area contributed by atoms with Crippen LogP contribution < -0.4 is 21.7 Å². The largest absolute Gasteiger partial charge is 1.00 e. The number of hydrogen-bond donors (Lipinski definition) is 1. The molecule has 9 heteroatoms. The summed E-state index contributed by atoms with van der Waals surface area (Å²) in [5, 5.41) is 15.9. The van der Waals surface area contributed by atoms with Crippen molar-refractivity contribution in [2.45, 2.75) is 88.6 Å². The quantitative estimate of drug-likeness (QED) is 0.264. The summed E-state index contributed by atoms with van der Waals surface area (Å²) in [5.41, 5.74) is -0.250. The molecule has 2 aliphatic heterocycles. The van der Waals surface area contributed by atoms with Gasteiger partial charge in [-0.15, -0.1) is 11.3 Å². The molecule has 232 valence electrons. The number of esters is 2. The van der Waals surface area contributed by atoms with Crippen LogP contribution in [-0.2, 0) is 31.2 Å². The van der Waals surface area contributed by atoms with E-state index in [1.807, 2.05) is 35.7 Å². The molecule has 7 nitrogen and oxygen atoms in total. The van der Waals surface area contributed by atoms with Gasteiger partial charge in [0.15, 0.2) is 12.2 Å². The maximum atomic E-state index is 13.7. The van der Waals surface area contributed by atoms with Gasteiger partial charge in [0.1, 0.15) is 18.4 Å². The smallest absolute Gasteiger partial charge is 0.344 e. The number of carbonyl (C=O) groups is 2. The van der Waals surface area contributed by atoms with Crippen LogP contribution in [0.4, 0.5) is 0 Å². The third kappa shape index (κ3) is 6.37. The molecule has 3 fully saturated rings. The van der Waals surface area contributed by atoms with Gasteiger partial charge in [0.25, 0.3) is 0 Å². The zero-order valence-corrected chi connectivity index (χ0v) is 27.4. The highest BCUT2D eigenvalue weighted by atomic mass is 79.9. The lowest BCUT2D eigenvalue weighted by atomic mass is 9.84. The Morgan fingerprint density at radius 2 is 1.70 bits per heavy atom. The zero-order valence-electron chi connectivity index (χ0n) is 25.0. The van der Waals surface area contributed by atoms with E-state index in [4.69, 9.17) is 14.2 Å². The Hall–Kier alpha value is -2.46. The highest BCUT2D eigenvalue weighted by Crippen LogP contribution is 2.46.